The molecule has 1 aromatic heterocycles. The second-order valence-corrected chi connectivity index (χ2v) is 7.47. The summed E-state index contributed by atoms with van der Waals surface area (Å²) in [5, 5.41) is 2.39. The van der Waals surface area contributed by atoms with Gasteiger partial charge in [0.15, 0.2) is 0 Å². The lowest BCUT2D eigenvalue weighted by molar-refractivity contribution is 0.307. The summed E-state index contributed by atoms with van der Waals surface area (Å²) in [5.41, 5.74) is 3.38. The van der Waals surface area contributed by atoms with Crippen molar-refractivity contribution in [2.45, 2.75) is 19.4 Å². The molecule has 30 heavy (non-hydrogen) atoms. The maximum Gasteiger partial charge on any atom is 0.141 e. The number of unbranched alkanes of at least 4 members (excludes halogenated alkanes) is 1. The van der Waals surface area contributed by atoms with Crippen LogP contribution in [0.4, 0.5) is 0 Å². The highest BCUT2D eigenvalue weighted by molar-refractivity contribution is 5.88. The predicted octanol–water partition coefficient (Wildman–Crippen LogP) is 6.72. The van der Waals surface area contributed by atoms with Gasteiger partial charge in [-0.15, -0.1) is 0 Å². The number of fused-ring (bicyclic) bond motifs is 2. The Bertz CT molecular complexity index is 1270. The van der Waals surface area contributed by atoms with Crippen LogP contribution in [0.3, 0.4) is 0 Å². The van der Waals surface area contributed by atoms with Crippen LogP contribution in [-0.4, -0.2) is 16.2 Å². The van der Waals surface area contributed by atoms with Gasteiger partial charge in [0.1, 0.15) is 11.6 Å². The van der Waals surface area contributed by atoms with Gasteiger partial charge in [0.25, 0.3) is 0 Å². The molecule has 0 aliphatic heterocycles. The quantitative estimate of drug-likeness (QED) is 0.288. The number of hydrogen-bond donors (Lipinski definition) is 0. The molecule has 0 spiro atoms. The molecule has 0 atom stereocenters. The maximum atomic E-state index is 6.12. The van der Waals surface area contributed by atoms with E-state index in [9.17, 15) is 0 Å². The van der Waals surface area contributed by atoms with E-state index in [1.165, 1.54) is 16.3 Å². The minimum atomic E-state index is 0.710. The van der Waals surface area contributed by atoms with Crippen molar-refractivity contribution in [3.63, 3.8) is 0 Å². The van der Waals surface area contributed by atoms with Crippen molar-refractivity contribution in [2.24, 2.45) is 0 Å². The number of benzene rings is 4. The molecule has 3 nitrogen and oxygen atoms in total. The summed E-state index contributed by atoms with van der Waals surface area (Å²) >= 11 is 0. The lowest BCUT2D eigenvalue weighted by Crippen LogP contribution is -2.04. The van der Waals surface area contributed by atoms with Crippen LogP contribution in [-0.2, 0) is 6.54 Å². The van der Waals surface area contributed by atoms with Gasteiger partial charge in [0.05, 0.1) is 17.6 Å². The molecule has 0 aliphatic carbocycles. The normalized spacial score (nSPS) is 11.2. The Kier molecular flexibility index (Phi) is 5.17. The van der Waals surface area contributed by atoms with Crippen LogP contribution < -0.4 is 4.74 Å². The highest BCUT2D eigenvalue weighted by Gasteiger charge is 2.11. The molecule has 5 rings (SSSR count). The van der Waals surface area contributed by atoms with Crippen molar-refractivity contribution < 1.29 is 4.74 Å². The zero-order chi connectivity index (χ0) is 20.2. The maximum absolute atomic E-state index is 6.12. The number of para-hydroxylation sites is 2. The summed E-state index contributed by atoms with van der Waals surface area (Å²) in [4.78, 5) is 4.90. The summed E-state index contributed by atoms with van der Waals surface area (Å²) in [5.74, 6) is 2.00. The van der Waals surface area contributed by atoms with Gasteiger partial charge in [0.2, 0.25) is 0 Å². The van der Waals surface area contributed by atoms with E-state index in [4.69, 9.17) is 9.72 Å². The molecule has 4 aromatic carbocycles. The SMILES string of the molecule is c1ccc(-c2nc3ccccc3n2CCCCOc2cccc3ccccc23)cc1. The topological polar surface area (TPSA) is 27.1 Å². The van der Waals surface area contributed by atoms with E-state index < -0.39 is 0 Å². The van der Waals surface area contributed by atoms with E-state index in [1.807, 2.05) is 12.1 Å². The highest BCUT2D eigenvalue weighted by Crippen LogP contribution is 2.27. The zero-order valence-electron chi connectivity index (χ0n) is 16.9. The predicted molar refractivity (Wildman–Crippen MR) is 124 cm³/mol. The van der Waals surface area contributed by atoms with Crippen molar-refractivity contribution in [1.29, 1.82) is 0 Å². The second-order valence-electron chi connectivity index (χ2n) is 7.47. The minimum Gasteiger partial charge on any atom is -0.493 e. The van der Waals surface area contributed by atoms with Crippen molar-refractivity contribution in [2.75, 3.05) is 6.61 Å². The minimum absolute atomic E-state index is 0.710. The first-order valence-corrected chi connectivity index (χ1v) is 10.5. The first kappa shape index (κ1) is 18.4. The summed E-state index contributed by atoms with van der Waals surface area (Å²) in [6, 6.07) is 33.4. The summed E-state index contributed by atoms with van der Waals surface area (Å²) in [7, 11) is 0. The van der Waals surface area contributed by atoms with E-state index >= 15 is 0 Å². The average molecular weight is 393 g/mol. The first-order chi connectivity index (χ1) is 14.9. The molecule has 0 saturated carbocycles. The van der Waals surface area contributed by atoms with Gasteiger partial charge in [-0.1, -0.05) is 78.9 Å². The Hall–Kier alpha value is -3.59. The van der Waals surface area contributed by atoms with Gasteiger partial charge in [-0.25, -0.2) is 4.98 Å². The molecule has 0 radical (unpaired) electrons. The number of aryl methyl sites for hydroxylation is 1. The van der Waals surface area contributed by atoms with Crippen LogP contribution in [0, 0.1) is 0 Å². The molecular formula is C27H24N2O. The van der Waals surface area contributed by atoms with Gasteiger partial charge in [-0.3, -0.25) is 0 Å². The van der Waals surface area contributed by atoms with E-state index in [2.05, 4.69) is 89.5 Å². The number of ether oxygens (including phenoxy) is 1. The Morgan fingerprint density at radius 3 is 2.40 bits per heavy atom. The standard InChI is InChI=1S/C27H24N2O/c1-2-12-22(13-3-1)27-28-24-16-6-7-17-25(24)29(27)19-8-9-20-30-26-18-10-14-21-11-4-5-15-23(21)26/h1-7,10-18H,8-9,19-20H2. The Morgan fingerprint density at radius 1 is 0.700 bits per heavy atom. The number of aromatic nitrogens is 2. The molecule has 0 unspecified atom stereocenters. The molecule has 3 heteroatoms. The molecule has 0 saturated heterocycles. The van der Waals surface area contributed by atoms with Crippen molar-refractivity contribution in [3.05, 3.63) is 97.1 Å². The van der Waals surface area contributed by atoms with Crippen molar-refractivity contribution in [3.8, 4) is 17.1 Å². The molecule has 5 aromatic rings. The fourth-order valence-corrected chi connectivity index (χ4v) is 3.99. The molecule has 0 amide bonds. The van der Waals surface area contributed by atoms with Crippen molar-refractivity contribution in [1.82, 2.24) is 9.55 Å². The lowest BCUT2D eigenvalue weighted by Gasteiger charge is -2.11. The van der Waals surface area contributed by atoms with Crippen LogP contribution >= 0.6 is 0 Å². The largest absolute Gasteiger partial charge is 0.493 e. The number of imidazole rings is 1. The Labute approximate surface area is 176 Å². The summed E-state index contributed by atoms with van der Waals surface area (Å²) in [6.45, 7) is 1.63. The van der Waals surface area contributed by atoms with Gasteiger partial charge in [-0.05, 0) is 36.4 Å². The Balaban J connectivity index is 1.29. The lowest BCUT2D eigenvalue weighted by atomic mass is 10.1. The number of rotatable bonds is 7. The van der Waals surface area contributed by atoms with Crippen LogP contribution in [0.5, 0.6) is 5.75 Å². The number of hydrogen-bond acceptors (Lipinski definition) is 2. The average Bonchev–Trinajstić information content (AvgIpc) is 3.18. The van der Waals surface area contributed by atoms with Crippen LogP contribution in [0.15, 0.2) is 97.1 Å². The van der Waals surface area contributed by atoms with E-state index in [-0.39, 0.29) is 0 Å². The van der Waals surface area contributed by atoms with Crippen molar-refractivity contribution >= 4 is 21.8 Å². The number of nitrogens with zero attached hydrogens (tertiary/aromatic N) is 2. The van der Waals surface area contributed by atoms with Crippen LogP contribution in [0.25, 0.3) is 33.2 Å². The van der Waals surface area contributed by atoms with Crippen LogP contribution in [0.2, 0.25) is 0 Å². The Morgan fingerprint density at radius 2 is 1.47 bits per heavy atom. The van der Waals surface area contributed by atoms with Gasteiger partial charge in [0, 0.05) is 17.5 Å². The third-order valence-electron chi connectivity index (χ3n) is 5.47. The van der Waals surface area contributed by atoms with Crippen LogP contribution in [0.1, 0.15) is 12.8 Å². The summed E-state index contributed by atoms with van der Waals surface area (Å²) in [6.07, 6.45) is 2.02. The molecule has 1 heterocycles. The second kappa shape index (κ2) is 8.42. The van der Waals surface area contributed by atoms with E-state index in [1.54, 1.807) is 0 Å². The van der Waals surface area contributed by atoms with E-state index in [0.717, 1.165) is 42.0 Å². The highest BCUT2D eigenvalue weighted by atomic mass is 16.5. The third-order valence-corrected chi connectivity index (χ3v) is 5.47. The molecule has 0 aliphatic rings. The molecule has 0 N–H and O–H groups in total. The fourth-order valence-electron chi connectivity index (χ4n) is 3.99. The third kappa shape index (κ3) is 3.67. The fraction of sp³-hybridized carbons (Fsp3) is 0.148. The monoisotopic (exact) mass is 392 g/mol. The van der Waals surface area contributed by atoms with E-state index in [0.29, 0.717) is 6.61 Å². The van der Waals surface area contributed by atoms with Gasteiger partial charge >= 0.3 is 0 Å². The first-order valence-electron chi connectivity index (χ1n) is 10.5. The molecule has 148 valence electrons. The van der Waals surface area contributed by atoms with Gasteiger partial charge in [-0.2, -0.15) is 0 Å². The summed E-state index contributed by atoms with van der Waals surface area (Å²) < 4.78 is 8.45. The van der Waals surface area contributed by atoms with Gasteiger partial charge < -0.3 is 9.30 Å². The zero-order valence-corrected chi connectivity index (χ0v) is 16.9. The molecular weight excluding hydrogens is 368 g/mol. The smallest absolute Gasteiger partial charge is 0.141 e. The molecule has 0 bridgehead atoms. The molecule has 0 fully saturated rings.